The highest BCUT2D eigenvalue weighted by atomic mass is 35.5. The van der Waals surface area contributed by atoms with E-state index in [9.17, 15) is 14.4 Å². The van der Waals surface area contributed by atoms with Gasteiger partial charge in [-0.1, -0.05) is 53.8 Å². The van der Waals surface area contributed by atoms with Gasteiger partial charge in [0.1, 0.15) is 10.9 Å². The number of hydrogen-bond acceptors (Lipinski definition) is 5. The topological polar surface area (TPSA) is 69.7 Å². The smallest absolute Gasteiger partial charge is 0.267 e. The maximum Gasteiger partial charge on any atom is 0.267 e. The van der Waals surface area contributed by atoms with Gasteiger partial charge in [-0.25, -0.2) is 0 Å². The number of anilines is 2. The zero-order valence-electron chi connectivity index (χ0n) is 16.7. The molecule has 2 heterocycles. The molecule has 1 N–H and O–H groups in total. The van der Waals surface area contributed by atoms with Gasteiger partial charge in [-0.2, -0.15) is 0 Å². The number of halogens is 1. The summed E-state index contributed by atoms with van der Waals surface area (Å²) in [5, 5.41) is 3.32. The van der Waals surface area contributed by atoms with Crippen LogP contribution in [0.5, 0.6) is 0 Å². The molecule has 2 aromatic carbocycles. The van der Waals surface area contributed by atoms with Crippen LogP contribution in [0.15, 0.2) is 53.4 Å². The number of hydrogen-bond donors (Lipinski definition) is 1. The molecule has 0 spiro atoms. The minimum absolute atomic E-state index is 0.112. The molecule has 6 nitrogen and oxygen atoms in total. The van der Waals surface area contributed by atoms with Crippen molar-refractivity contribution in [2.45, 2.75) is 19.9 Å². The van der Waals surface area contributed by atoms with Crippen LogP contribution >= 0.6 is 35.6 Å². The van der Waals surface area contributed by atoms with E-state index < -0.39 is 5.91 Å². The summed E-state index contributed by atoms with van der Waals surface area (Å²) in [6, 6.07) is 13.7. The summed E-state index contributed by atoms with van der Waals surface area (Å²) in [6.45, 7) is 3.55. The van der Waals surface area contributed by atoms with Crippen molar-refractivity contribution in [3.63, 3.8) is 0 Å². The molecule has 0 saturated carbocycles. The normalized spacial score (nSPS) is 18.3. The number of carbonyl (C=O) groups is 3. The van der Waals surface area contributed by atoms with Gasteiger partial charge in [0.25, 0.3) is 11.8 Å². The van der Waals surface area contributed by atoms with Crippen molar-refractivity contribution in [3.05, 3.63) is 64.0 Å². The number of nitrogens with zero attached hydrogens (tertiary/aromatic N) is 2. The Hall–Kier alpha value is -2.68. The number of amides is 3. The molecule has 3 amide bonds. The van der Waals surface area contributed by atoms with E-state index in [1.54, 1.807) is 48.5 Å². The van der Waals surface area contributed by atoms with Crippen LogP contribution in [0.4, 0.5) is 11.4 Å². The summed E-state index contributed by atoms with van der Waals surface area (Å²) in [4.78, 5) is 42.2. The van der Waals surface area contributed by atoms with Gasteiger partial charge in [-0.05, 0) is 44.2 Å². The average molecular weight is 472 g/mol. The van der Waals surface area contributed by atoms with E-state index in [1.807, 2.05) is 13.8 Å². The quantitative estimate of drug-likeness (QED) is 0.531. The maximum absolute atomic E-state index is 13.4. The minimum atomic E-state index is -0.392. The van der Waals surface area contributed by atoms with Gasteiger partial charge in [-0.15, -0.1) is 0 Å². The van der Waals surface area contributed by atoms with Crippen molar-refractivity contribution in [2.75, 3.05) is 16.8 Å². The molecular weight excluding hydrogens is 454 g/mol. The molecule has 31 heavy (non-hydrogen) atoms. The number of thioether (sulfide) groups is 1. The number of nitrogens with one attached hydrogen (secondary N) is 1. The molecule has 0 radical (unpaired) electrons. The van der Waals surface area contributed by atoms with Crippen molar-refractivity contribution in [2.24, 2.45) is 0 Å². The zero-order chi connectivity index (χ0) is 22.3. The van der Waals surface area contributed by atoms with E-state index in [-0.39, 0.29) is 30.0 Å². The molecule has 2 aromatic rings. The van der Waals surface area contributed by atoms with E-state index in [0.717, 1.165) is 11.8 Å². The fraction of sp³-hybridized carbons (Fsp3) is 0.182. The van der Waals surface area contributed by atoms with E-state index in [2.05, 4.69) is 5.32 Å². The summed E-state index contributed by atoms with van der Waals surface area (Å²) in [5.41, 5.74) is 2.07. The second-order valence-electron chi connectivity index (χ2n) is 7.30. The SMILES string of the molecule is CC(C)N1C(=O)/C(=C2\C(=O)N(CC(=O)Nc3ccc(Cl)cc3)c3ccccc32)SC1=S. The Labute approximate surface area is 194 Å². The van der Waals surface area contributed by atoms with Crippen LogP contribution in [-0.2, 0) is 14.4 Å². The lowest BCUT2D eigenvalue weighted by Crippen LogP contribution is -2.36. The highest BCUT2D eigenvalue weighted by Crippen LogP contribution is 2.44. The standard InChI is InChI=1S/C22H18ClN3O3S2/c1-12(2)26-21(29)19(31-22(26)30)18-15-5-3-4-6-16(15)25(20(18)28)11-17(27)24-14-9-7-13(23)8-10-14/h3-10,12H,11H2,1-2H3,(H,24,27)/b19-18+. The lowest BCUT2D eigenvalue weighted by Gasteiger charge is -2.18. The van der Waals surface area contributed by atoms with Gasteiger partial charge in [0.2, 0.25) is 5.91 Å². The Morgan fingerprint density at radius 2 is 1.77 bits per heavy atom. The van der Waals surface area contributed by atoms with Crippen LogP contribution < -0.4 is 10.2 Å². The van der Waals surface area contributed by atoms with Crippen LogP contribution in [0.1, 0.15) is 19.4 Å². The summed E-state index contributed by atoms with van der Waals surface area (Å²) >= 11 is 12.4. The first-order valence-corrected chi connectivity index (χ1v) is 11.1. The van der Waals surface area contributed by atoms with E-state index in [0.29, 0.717) is 31.2 Å². The number of fused-ring (bicyclic) bond motifs is 1. The molecule has 2 aliphatic heterocycles. The third-order valence-electron chi connectivity index (χ3n) is 4.90. The lowest BCUT2D eigenvalue weighted by molar-refractivity contribution is -0.123. The Morgan fingerprint density at radius 3 is 2.42 bits per heavy atom. The number of para-hydroxylation sites is 1. The minimum Gasteiger partial charge on any atom is -0.325 e. The number of thiocarbonyl (C=S) groups is 1. The molecule has 0 atom stereocenters. The van der Waals surface area contributed by atoms with Gasteiger partial charge in [0, 0.05) is 22.3 Å². The molecule has 0 unspecified atom stereocenters. The summed E-state index contributed by atoms with van der Waals surface area (Å²) in [7, 11) is 0. The molecule has 1 saturated heterocycles. The first-order valence-electron chi connectivity index (χ1n) is 9.54. The maximum atomic E-state index is 13.4. The van der Waals surface area contributed by atoms with Crippen LogP contribution in [0.2, 0.25) is 5.02 Å². The third kappa shape index (κ3) is 3.98. The van der Waals surface area contributed by atoms with Gasteiger partial charge in [0.05, 0.1) is 16.2 Å². The second-order valence-corrected chi connectivity index (χ2v) is 9.39. The van der Waals surface area contributed by atoms with Gasteiger partial charge >= 0.3 is 0 Å². The van der Waals surface area contributed by atoms with Crippen molar-refractivity contribution < 1.29 is 14.4 Å². The number of carbonyl (C=O) groups excluding carboxylic acids is 3. The molecule has 4 rings (SSSR count). The highest BCUT2D eigenvalue weighted by molar-refractivity contribution is 8.26. The van der Waals surface area contributed by atoms with Crippen LogP contribution in [0.3, 0.4) is 0 Å². The number of rotatable bonds is 4. The van der Waals surface area contributed by atoms with Crippen molar-refractivity contribution in [1.29, 1.82) is 0 Å². The Bertz CT molecular complexity index is 1140. The lowest BCUT2D eigenvalue weighted by atomic mass is 10.1. The van der Waals surface area contributed by atoms with Gasteiger partial charge < -0.3 is 5.32 Å². The molecule has 2 aliphatic rings. The largest absolute Gasteiger partial charge is 0.325 e. The highest BCUT2D eigenvalue weighted by Gasteiger charge is 2.43. The fourth-order valence-corrected chi connectivity index (χ4v) is 5.23. The molecular formula is C22H18ClN3O3S2. The monoisotopic (exact) mass is 471 g/mol. The number of benzene rings is 2. The Morgan fingerprint density at radius 1 is 1.10 bits per heavy atom. The fourth-order valence-electron chi connectivity index (χ4n) is 3.51. The molecule has 1 fully saturated rings. The molecule has 0 aliphatic carbocycles. The summed E-state index contributed by atoms with van der Waals surface area (Å²) in [5.74, 6) is -1.03. The molecule has 0 bridgehead atoms. The molecule has 9 heteroatoms. The van der Waals surface area contributed by atoms with Crippen LogP contribution in [-0.4, -0.2) is 39.5 Å². The zero-order valence-corrected chi connectivity index (χ0v) is 19.1. The van der Waals surface area contributed by atoms with Crippen LogP contribution in [0, 0.1) is 0 Å². The summed E-state index contributed by atoms with van der Waals surface area (Å²) < 4.78 is 0.423. The van der Waals surface area contributed by atoms with Crippen molar-refractivity contribution in [1.82, 2.24) is 4.90 Å². The first-order chi connectivity index (χ1) is 14.8. The van der Waals surface area contributed by atoms with Crippen LogP contribution in [0.25, 0.3) is 5.57 Å². The second kappa shape index (κ2) is 8.45. The molecule has 0 aromatic heterocycles. The average Bonchev–Trinajstić information content (AvgIpc) is 3.16. The van der Waals surface area contributed by atoms with E-state index >= 15 is 0 Å². The summed E-state index contributed by atoms with van der Waals surface area (Å²) in [6.07, 6.45) is 0. The van der Waals surface area contributed by atoms with Crippen molar-refractivity contribution >= 4 is 74.6 Å². The molecule has 158 valence electrons. The Balaban J connectivity index is 1.65. The predicted octanol–water partition coefficient (Wildman–Crippen LogP) is 4.31. The van der Waals surface area contributed by atoms with Crippen molar-refractivity contribution in [3.8, 4) is 0 Å². The van der Waals surface area contributed by atoms with E-state index in [4.69, 9.17) is 23.8 Å². The third-order valence-corrected chi connectivity index (χ3v) is 6.55. The first kappa shape index (κ1) is 21.5. The van der Waals surface area contributed by atoms with Gasteiger partial charge in [-0.3, -0.25) is 24.2 Å². The predicted molar refractivity (Wildman–Crippen MR) is 128 cm³/mol. The van der Waals surface area contributed by atoms with E-state index in [1.165, 1.54) is 9.80 Å². The van der Waals surface area contributed by atoms with Gasteiger partial charge in [0.15, 0.2) is 0 Å². The Kier molecular flexibility index (Phi) is 5.88.